The molecular weight excluding hydrogens is 244 g/mol. The molecule has 0 fully saturated rings. The fraction of sp³-hybridized carbons (Fsp3) is 0.333. The van der Waals surface area contributed by atoms with Gasteiger partial charge in [0.05, 0.1) is 12.3 Å². The van der Waals surface area contributed by atoms with Gasteiger partial charge in [0.1, 0.15) is 0 Å². The summed E-state index contributed by atoms with van der Waals surface area (Å²) in [6.07, 6.45) is -3.41. The standard InChI is InChI=1S/C9H8ClF2NO3/c10-3-6-5(8(11)12)1-4(2-7(14)15)9(16)13-6/h1,8H,2-3H2,(H,13,16)(H,14,15). The van der Waals surface area contributed by atoms with Crippen LogP contribution < -0.4 is 5.56 Å². The van der Waals surface area contributed by atoms with Crippen molar-refractivity contribution in [2.24, 2.45) is 0 Å². The highest BCUT2D eigenvalue weighted by Gasteiger charge is 2.17. The van der Waals surface area contributed by atoms with Gasteiger partial charge in [0, 0.05) is 16.8 Å². The fourth-order valence-corrected chi connectivity index (χ4v) is 1.45. The lowest BCUT2D eigenvalue weighted by atomic mass is 10.1. The second-order valence-corrected chi connectivity index (χ2v) is 3.33. The highest BCUT2D eigenvalue weighted by molar-refractivity contribution is 6.17. The zero-order valence-corrected chi connectivity index (χ0v) is 8.72. The Hall–Kier alpha value is -1.43. The van der Waals surface area contributed by atoms with Gasteiger partial charge >= 0.3 is 5.97 Å². The van der Waals surface area contributed by atoms with Gasteiger partial charge in [-0.1, -0.05) is 0 Å². The number of rotatable bonds is 4. The van der Waals surface area contributed by atoms with Gasteiger partial charge in [-0.3, -0.25) is 9.59 Å². The number of aromatic amines is 1. The minimum absolute atomic E-state index is 0.0872. The molecule has 16 heavy (non-hydrogen) atoms. The van der Waals surface area contributed by atoms with Crippen LogP contribution in [-0.4, -0.2) is 16.1 Å². The Morgan fingerprint density at radius 1 is 1.56 bits per heavy atom. The number of aromatic nitrogens is 1. The molecule has 0 aliphatic rings. The van der Waals surface area contributed by atoms with E-state index in [1.165, 1.54) is 0 Å². The first-order valence-corrected chi connectivity index (χ1v) is 4.80. The summed E-state index contributed by atoms with van der Waals surface area (Å²) in [5, 5.41) is 8.48. The third-order valence-corrected chi connectivity index (χ3v) is 2.21. The van der Waals surface area contributed by atoms with Crippen molar-refractivity contribution >= 4 is 17.6 Å². The van der Waals surface area contributed by atoms with E-state index in [9.17, 15) is 18.4 Å². The Morgan fingerprint density at radius 2 is 2.19 bits per heavy atom. The molecule has 0 unspecified atom stereocenters. The van der Waals surface area contributed by atoms with Crippen molar-refractivity contribution in [1.29, 1.82) is 0 Å². The minimum atomic E-state index is -2.81. The molecular formula is C9H8ClF2NO3. The maximum absolute atomic E-state index is 12.5. The van der Waals surface area contributed by atoms with E-state index in [1.807, 2.05) is 0 Å². The minimum Gasteiger partial charge on any atom is -0.481 e. The van der Waals surface area contributed by atoms with Crippen LogP contribution in [0.1, 0.15) is 23.2 Å². The summed E-state index contributed by atoms with van der Waals surface area (Å²) in [4.78, 5) is 23.8. The van der Waals surface area contributed by atoms with E-state index in [0.29, 0.717) is 0 Å². The van der Waals surface area contributed by atoms with E-state index < -0.39 is 29.9 Å². The van der Waals surface area contributed by atoms with Gasteiger partial charge in [-0.05, 0) is 6.07 Å². The highest BCUT2D eigenvalue weighted by Crippen LogP contribution is 2.22. The number of nitrogens with one attached hydrogen (secondary N) is 1. The maximum Gasteiger partial charge on any atom is 0.308 e. The summed E-state index contributed by atoms with van der Waals surface area (Å²) in [7, 11) is 0. The predicted molar refractivity (Wildman–Crippen MR) is 52.9 cm³/mol. The number of alkyl halides is 3. The molecule has 1 rings (SSSR count). The van der Waals surface area contributed by atoms with E-state index in [2.05, 4.69) is 4.98 Å². The molecule has 7 heteroatoms. The van der Waals surface area contributed by atoms with Crippen LogP contribution in [0.5, 0.6) is 0 Å². The summed E-state index contributed by atoms with van der Waals surface area (Å²) in [5.41, 5.74) is -1.44. The highest BCUT2D eigenvalue weighted by atomic mass is 35.5. The van der Waals surface area contributed by atoms with Crippen molar-refractivity contribution < 1.29 is 18.7 Å². The summed E-state index contributed by atoms with van der Waals surface area (Å²) < 4.78 is 25.1. The van der Waals surface area contributed by atoms with E-state index in [0.717, 1.165) is 6.07 Å². The molecule has 4 nitrogen and oxygen atoms in total. The lowest BCUT2D eigenvalue weighted by Gasteiger charge is -2.07. The van der Waals surface area contributed by atoms with Crippen LogP contribution >= 0.6 is 11.6 Å². The molecule has 0 bridgehead atoms. The molecule has 0 saturated heterocycles. The molecule has 1 aromatic heterocycles. The van der Waals surface area contributed by atoms with Gasteiger partial charge in [-0.25, -0.2) is 8.78 Å². The van der Waals surface area contributed by atoms with Gasteiger partial charge in [0.25, 0.3) is 12.0 Å². The topological polar surface area (TPSA) is 70.2 Å². The Labute approximate surface area is 93.9 Å². The van der Waals surface area contributed by atoms with Gasteiger partial charge in [0.15, 0.2) is 0 Å². The molecule has 0 radical (unpaired) electrons. The van der Waals surface area contributed by atoms with Crippen LogP contribution in [0, 0.1) is 0 Å². The summed E-state index contributed by atoms with van der Waals surface area (Å²) in [6, 6.07) is 0.884. The largest absolute Gasteiger partial charge is 0.481 e. The van der Waals surface area contributed by atoms with Crippen LogP contribution in [0.15, 0.2) is 10.9 Å². The monoisotopic (exact) mass is 251 g/mol. The lowest BCUT2D eigenvalue weighted by molar-refractivity contribution is -0.136. The zero-order valence-electron chi connectivity index (χ0n) is 7.97. The predicted octanol–water partition coefficient (Wildman–Crippen LogP) is 1.68. The Kier molecular flexibility index (Phi) is 4.00. The second kappa shape index (κ2) is 5.07. The van der Waals surface area contributed by atoms with Crippen LogP contribution in [0.2, 0.25) is 0 Å². The van der Waals surface area contributed by atoms with E-state index >= 15 is 0 Å². The van der Waals surface area contributed by atoms with Crippen molar-refractivity contribution in [3.8, 4) is 0 Å². The first-order valence-electron chi connectivity index (χ1n) is 4.26. The van der Waals surface area contributed by atoms with Crippen LogP contribution in [0.3, 0.4) is 0 Å². The molecule has 1 heterocycles. The quantitative estimate of drug-likeness (QED) is 0.800. The number of carboxylic acids is 1. The average Bonchev–Trinajstić information content (AvgIpc) is 2.19. The SMILES string of the molecule is O=C(O)Cc1cc(C(F)F)c(CCl)[nH]c1=O. The Balaban J connectivity index is 3.27. The van der Waals surface area contributed by atoms with Crippen molar-refractivity contribution in [2.75, 3.05) is 0 Å². The molecule has 0 aliphatic heterocycles. The fourth-order valence-electron chi connectivity index (χ4n) is 1.23. The van der Waals surface area contributed by atoms with Crippen molar-refractivity contribution in [3.63, 3.8) is 0 Å². The third-order valence-electron chi connectivity index (χ3n) is 1.94. The van der Waals surface area contributed by atoms with E-state index in [4.69, 9.17) is 16.7 Å². The molecule has 2 N–H and O–H groups in total. The number of carbonyl (C=O) groups is 1. The smallest absolute Gasteiger partial charge is 0.308 e. The molecule has 0 saturated carbocycles. The second-order valence-electron chi connectivity index (χ2n) is 3.06. The van der Waals surface area contributed by atoms with Gasteiger partial charge < -0.3 is 10.1 Å². The van der Waals surface area contributed by atoms with Crippen molar-refractivity contribution in [2.45, 2.75) is 18.7 Å². The maximum atomic E-state index is 12.5. The number of pyridine rings is 1. The number of H-pyrrole nitrogens is 1. The first-order chi connectivity index (χ1) is 7.45. The van der Waals surface area contributed by atoms with Crippen LogP contribution in [0.25, 0.3) is 0 Å². The number of hydrogen-bond acceptors (Lipinski definition) is 2. The molecule has 0 atom stereocenters. The summed E-state index contributed by atoms with van der Waals surface area (Å²) >= 11 is 5.39. The van der Waals surface area contributed by atoms with E-state index in [-0.39, 0.29) is 17.1 Å². The molecule has 0 spiro atoms. The number of carboxylic acid groups (broad SMARTS) is 1. The molecule has 88 valence electrons. The average molecular weight is 252 g/mol. The Morgan fingerprint density at radius 3 is 2.62 bits per heavy atom. The van der Waals surface area contributed by atoms with Crippen molar-refractivity contribution in [3.05, 3.63) is 33.2 Å². The Bertz CT molecular complexity index is 459. The van der Waals surface area contributed by atoms with Gasteiger partial charge in [-0.2, -0.15) is 0 Å². The molecule has 1 aromatic rings. The number of hydrogen-bond donors (Lipinski definition) is 2. The molecule has 0 amide bonds. The molecule has 0 aromatic carbocycles. The lowest BCUT2D eigenvalue weighted by Crippen LogP contribution is -2.19. The third kappa shape index (κ3) is 2.79. The first kappa shape index (κ1) is 12.6. The van der Waals surface area contributed by atoms with E-state index in [1.54, 1.807) is 0 Å². The number of halogens is 3. The number of aliphatic carboxylic acids is 1. The van der Waals surface area contributed by atoms with Crippen LogP contribution in [-0.2, 0) is 17.1 Å². The van der Waals surface area contributed by atoms with Crippen LogP contribution in [0.4, 0.5) is 8.78 Å². The summed E-state index contributed by atoms with van der Waals surface area (Å²) in [5.74, 6) is -1.52. The van der Waals surface area contributed by atoms with Gasteiger partial charge in [-0.15, -0.1) is 11.6 Å². The van der Waals surface area contributed by atoms with Crippen molar-refractivity contribution in [1.82, 2.24) is 4.98 Å². The van der Waals surface area contributed by atoms with Gasteiger partial charge in [0.2, 0.25) is 0 Å². The molecule has 0 aliphatic carbocycles. The summed E-state index contributed by atoms with van der Waals surface area (Å²) in [6.45, 7) is 0. The normalized spacial score (nSPS) is 10.8. The zero-order chi connectivity index (χ0) is 12.3.